The summed E-state index contributed by atoms with van der Waals surface area (Å²) >= 11 is 5.94. The lowest BCUT2D eigenvalue weighted by Crippen LogP contribution is -1.94. The number of aromatic nitrogens is 1. The zero-order valence-electron chi connectivity index (χ0n) is 17.6. The fourth-order valence-electron chi connectivity index (χ4n) is 5.11. The maximum absolute atomic E-state index is 4.07. The summed E-state index contributed by atoms with van der Waals surface area (Å²) in [6, 6.07) is 39.1. The van der Waals surface area contributed by atoms with Gasteiger partial charge in [-0.25, -0.2) is 0 Å². The van der Waals surface area contributed by atoms with Crippen LogP contribution in [0.1, 0.15) is 0 Å². The smallest absolute Gasteiger partial charge is 0.0641 e. The first kappa shape index (κ1) is 19.1. The van der Waals surface area contributed by atoms with Gasteiger partial charge in [-0.1, -0.05) is 84.9 Å². The minimum Gasteiger partial charge on any atom is -0.309 e. The van der Waals surface area contributed by atoms with Crippen molar-refractivity contribution in [2.45, 2.75) is 0 Å². The van der Waals surface area contributed by atoms with Crippen molar-refractivity contribution in [3.05, 3.63) is 114 Å². The highest BCUT2D eigenvalue weighted by atomic mass is 79.9. The lowest BCUT2D eigenvalue weighted by molar-refractivity contribution is 1.19. The van der Waals surface area contributed by atoms with Gasteiger partial charge in [0.05, 0.1) is 15.7 Å². The first-order valence-electron chi connectivity index (χ1n) is 11.0. The van der Waals surface area contributed by atoms with Crippen molar-refractivity contribution in [3.8, 4) is 16.8 Å². The molecule has 7 rings (SSSR count). The van der Waals surface area contributed by atoms with E-state index in [2.05, 4.69) is 130 Å². The number of para-hydroxylation sites is 2. The topological polar surface area (TPSA) is 4.93 Å². The molecule has 3 heteroatoms. The second-order valence-electron chi connectivity index (χ2n) is 8.27. The van der Waals surface area contributed by atoms with Gasteiger partial charge < -0.3 is 4.57 Å². The van der Waals surface area contributed by atoms with Crippen LogP contribution in [0.2, 0.25) is 0 Å². The third kappa shape index (κ3) is 2.70. The molecule has 0 spiro atoms. The quantitative estimate of drug-likeness (QED) is 0.221. The molecule has 0 aliphatic carbocycles. The largest absolute Gasteiger partial charge is 0.309 e. The zero-order chi connectivity index (χ0) is 21.9. The summed E-state index contributed by atoms with van der Waals surface area (Å²) in [6.45, 7) is 0. The molecule has 0 aliphatic heterocycles. The van der Waals surface area contributed by atoms with Gasteiger partial charge in [-0.15, -0.1) is 11.3 Å². The van der Waals surface area contributed by atoms with Crippen LogP contribution in [-0.2, 0) is 0 Å². The van der Waals surface area contributed by atoms with Crippen LogP contribution < -0.4 is 0 Å². The van der Waals surface area contributed by atoms with Crippen molar-refractivity contribution in [2.24, 2.45) is 0 Å². The fraction of sp³-hybridized carbons (Fsp3) is 0. The number of benzene rings is 5. The zero-order valence-corrected chi connectivity index (χ0v) is 20.0. The molecule has 0 unspecified atom stereocenters. The Morgan fingerprint density at radius 2 is 1.24 bits per heavy atom. The van der Waals surface area contributed by atoms with E-state index in [1.54, 1.807) is 0 Å². The second kappa shape index (κ2) is 7.31. The number of nitrogens with zero attached hydrogens (tertiary/aromatic N) is 1. The summed E-state index contributed by atoms with van der Waals surface area (Å²) in [6.07, 6.45) is 0. The summed E-state index contributed by atoms with van der Waals surface area (Å²) in [5, 5.41) is 5.19. The van der Waals surface area contributed by atoms with Gasteiger partial charge in [0.2, 0.25) is 0 Å². The summed E-state index contributed by atoms with van der Waals surface area (Å²) in [4.78, 5) is 0. The maximum atomic E-state index is 4.07. The highest BCUT2D eigenvalue weighted by molar-refractivity contribution is 9.10. The average Bonchev–Trinajstić information content (AvgIpc) is 3.42. The van der Waals surface area contributed by atoms with E-state index < -0.39 is 0 Å². The predicted octanol–water partition coefficient (Wildman–Crippen LogP) is 9.58. The molecule has 0 saturated heterocycles. The van der Waals surface area contributed by atoms with Crippen molar-refractivity contribution in [3.63, 3.8) is 0 Å². The van der Waals surface area contributed by atoms with Gasteiger partial charge in [-0.05, 0) is 45.8 Å². The third-order valence-corrected chi connectivity index (χ3v) is 8.70. The Morgan fingerprint density at radius 1 is 0.606 bits per heavy atom. The number of halogens is 1. The van der Waals surface area contributed by atoms with Crippen molar-refractivity contribution < 1.29 is 0 Å². The molecule has 0 atom stereocenters. The highest BCUT2D eigenvalue weighted by Crippen LogP contribution is 2.51. The Bertz CT molecular complexity index is 1810. The minimum atomic E-state index is 1.17. The Balaban J connectivity index is 1.85. The maximum Gasteiger partial charge on any atom is 0.0641 e. The van der Waals surface area contributed by atoms with Crippen LogP contribution in [0, 0.1) is 0 Å². The van der Waals surface area contributed by atoms with Gasteiger partial charge >= 0.3 is 0 Å². The average molecular weight is 504 g/mol. The summed E-state index contributed by atoms with van der Waals surface area (Å²) < 4.78 is 6.23. The van der Waals surface area contributed by atoms with E-state index in [-0.39, 0.29) is 0 Å². The van der Waals surface area contributed by atoms with Gasteiger partial charge in [0.15, 0.2) is 0 Å². The van der Waals surface area contributed by atoms with E-state index in [4.69, 9.17) is 0 Å². The van der Waals surface area contributed by atoms with Crippen molar-refractivity contribution >= 4 is 69.2 Å². The number of hydrogen-bond acceptors (Lipinski definition) is 1. The van der Waals surface area contributed by atoms with E-state index in [0.717, 1.165) is 0 Å². The predicted molar refractivity (Wildman–Crippen MR) is 147 cm³/mol. The minimum absolute atomic E-state index is 1.17. The lowest BCUT2D eigenvalue weighted by atomic mass is 9.97. The van der Waals surface area contributed by atoms with Gasteiger partial charge in [0.1, 0.15) is 0 Å². The molecule has 0 aliphatic rings. The molecule has 0 amide bonds. The summed E-state index contributed by atoms with van der Waals surface area (Å²) in [5.74, 6) is 0. The first-order valence-corrected chi connectivity index (χ1v) is 12.6. The number of hydrogen-bond donors (Lipinski definition) is 0. The molecule has 0 N–H and O–H groups in total. The van der Waals surface area contributed by atoms with E-state index in [1.807, 2.05) is 11.3 Å². The van der Waals surface area contributed by atoms with Crippen LogP contribution in [0.5, 0.6) is 0 Å². The number of fused-ring (bicyclic) bond motifs is 7. The van der Waals surface area contributed by atoms with Crippen molar-refractivity contribution in [1.29, 1.82) is 0 Å². The van der Waals surface area contributed by atoms with Gasteiger partial charge in [-0.2, -0.15) is 0 Å². The molecule has 0 bridgehead atoms. The van der Waals surface area contributed by atoms with Crippen LogP contribution in [0.4, 0.5) is 0 Å². The molecule has 33 heavy (non-hydrogen) atoms. The Hall–Kier alpha value is -3.40. The molecule has 156 valence electrons. The summed E-state index contributed by atoms with van der Waals surface area (Å²) in [5.41, 5.74) is 6.17. The van der Waals surface area contributed by atoms with Crippen molar-refractivity contribution in [2.75, 3.05) is 0 Å². The SMILES string of the molecule is Brc1c(-c2ccccc2)c2c3ccccc3n(-c3ccccc3)c2c2c1sc1ccccc12. The van der Waals surface area contributed by atoms with E-state index >= 15 is 0 Å². The van der Waals surface area contributed by atoms with Gasteiger partial charge in [0.25, 0.3) is 0 Å². The standard InChI is InChI=1S/C30H18BrNS/c31-28-25(19-11-3-1-4-12-19)26-21-15-7-9-17-23(21)32(20-13-5-2-6-14-20)29(26)27-22-16-8-10-18-24(22)33-30(27)28/h1-18H. The van der Waals surface area contributed by atoms with Crippen LogP contribution in [0.15, 0.2) is 114 Å². The molecule has 0 radical (unpaired) electrons. The Morgan fingerprint density at radius 3 is 2.03 bits per heavy atom. The number of thiophene rings is 1. The van der Waals surface area contributed by atoms with Gasteiger partial charge in [-0.3, -0.25) is 0 Å². The molecule has 2 aromatic heterocycles. The third-order valence-electron chi connectivity index (χ3n) is 6.45. The monoisotopic (exact) mass is 503 g/mol. The van der Waals surface area contributed by atoms with E-state index in [9.17, 15) is 0 Å². The molecular formula is C30H18BrNS. The highest BCUT2D eigenvalue weighted by Gasteiger charge is 2.24. The van der Waals surface area contributed by atoms with E-state index in [0.29, 0.717) is 0 Å². The lowest BCUT2D eigenvalue weighted by Gasteiger charge is -2.13. The van der Waals surface area contributed by atoms with Gasteiger partial charge in [0, 0.05) is 42.0 Å². The Kier molecular flexibility index (Phi) is 4.23. The molecule has 0 saturated carbocycles. The van der Waals surface area contributed by atoms with Crippen molar-refractivity contribution in [1.82, 2.24) is 4.57 Å². The van der Waals surface area contributed by atoms with E-state index in [1.165, 1.54) is 63.3 Å². The molecular weight excluding hydrogens is 486 g/mol. The van der Waals surface area contributed by atoms with Crippen LogP contribution in [0.25, 0.3) is 58.8 Å². The first-order chi connectivity index (χ1) is 16.3. The fourth-order valence-corrected chi connectivity index (χ4v) is 7.12. The molecule has 2 heterocycles. The molecule has 7 aromatic rings. The normalized spacial score (nSPS) is 11.8. The van der Waals surface area contributed by atoms with Crippen LogP contribution >= 0.6 is 27.3 Å². The molecule has 0 fully saturated rings. The van der Waals surface area contributed by atoms with Crippen LogP contribution in [-0.4, -0.2) is 4.57 Å². The summed E-state index contributed by atoms with van der Waals surface area (Å²) in [7, 11) is 0. The molecule has 5 aromatic carbocycles. The number of rotatable bonds is 2. The molecule has 1 nitrogen and oxygen atoms in total. The Labute approximate surface area is 203 Å². The van der Waals surface area contributed by atoms with Crippen LogP contribution in [0.3, 0.4) is 0 Å². The second-order valence-corrected chi connectivity index (χ2v) is 10.1.